The molecule has 4 nitrogen and oxygen atoms in total. The first-order chi connectivity index (χ1) is 11.3. The van der Waals surface area contributed by atoms with Crippen molar-refractivity contribution in [3.8, 4) is 5.75 Å². The van der Waals surface area contributed by atoms with Gasteiger partial charge in [0, 0.05) is 24.8 Å². The third kappa shape index (κ3) is 4.66. The second-order valence-corrected chi connectivity index (χ2v) is 6.33. The second kappa shape index (κ2) is 7.92. The zero-order valence-electron chi connectivity index (χ0n) is 12.8. The molecule has 0 saturated heterocycles. The van der Waals surface area contributed by atoms with E-state index in [1.54, 1.807) is 24.1 Å². The van der Waals surface area contributed by atoms with Crippen LogP contribution in [0.4, 0.5) is 0 Å². The summed E-state index contributed by atoms with van der Waals surface area (Å²) >= 11 is 1.73. The van der Waals surface area contributed by atoms with Gasteiger partial charge >= 0.3 is 0 Å². The lowest BCUT2D eigenvalue weighted by Crippen LogP contribution is -2.23. The van der Waals surface area contributed by atoms with Gasteiger partial charge in [0.25, 0.3) is 0 Å². The van der Waals surface area contributed by atoms with Crippen LogP contribution in [0.5, 0.6) is 5.75 Å². The van der Waals surface area contributed by atoms with E-state index in [0.29, 0.717) is 6.54 Å². The van der Waals surface area contributed by atoms with Crippen LogP contribution in [0.15, 0.2) is 47.1 Å². The monoisotopic (exact) mass is 329 g/mol. The third-order valence-corrected chi connectivity index (χ3v) is 4.49. The van der Waals surface area contributed by atoms with Crippen LogP contribution in [0.25, 0.3) is 6.08 Å². The fourth-order valence-electron chi connectivity index (χ4n) is 2.35. The zero-order chi connectivity index (χ0) is 15.9. The van der Waals surface area contributed by atoms with E-state index in [9.17, 15) is 4.79 Å². The van der Waals surface area contributed by atoms with Gasteiger partial charge in [-0.25, -0.2) is 0 Å². The Morgan fingerprint density at radius 3 is 3.17 bits per heavy atom. The molecule has 2 aromatic rings. The number of thioether (sulfide) groups is 1. The molecule has 120 valence electrons. The average molecular weight is 329 g/mol. The molecule has 1 aliphatic rings. The van der Waals surface area contributed by atoms with Crippen molar-refractivity contribution in [3.05, 3.63) is 59.6 Å². The Morgan fingerprint density at radius 2 is 2.30 bits per heavy atom. The average Bonchev–Trinajstić information content (AvgIpc) is 3.23. The number of rotatable bonds is 7. The molecule has 1 aliphatic heterocycles. The number of hydrogen-bond acceptors (Lipinski definition) is 4. The Balaban J connectivity index is 1.37. The maximum absolute atomic E-state index is 11.8. The molecule has 2 heterocycles. The molecule has 1 amide bonds. The highest BCUT2D eigenvalue weighted by molar-refractivity contribution is 7.98. The van der Waals surface area contributed by atoms with E-state index in [1.807, 2.05) is 30.3 Å². The van der Waals surface area contributed by atoms with Crippen molar-refractivity contribution in [2.45, 2.75) is 12.2 Å². The molecule has 1 N–H and O–H groups in total. The SMILES string of the molecule is O=C(/C=C/c1ccc2c(c1)CCO2)NCCSCc1ccco1. The van der Waals surface area contributed by atoms with Crippen molar-refractivity contribution in [2.24, 2.45) is 0 Å². The van der Waals surface area contributed by atoms with E-state index in [-0.39, 0.29) is 5.91 Å². The van der Waals surface area contributed by atoms with E-state index in [0.717, 1.165) is 41.6 Å². The van der Waals surface area contributed by atoms with Crippen molar-refractivity contribution < 1.29 is 13.9 Å². The molecule has 0 atom stereocenters. The van der Waals surface area contributed by atoms with Crippen LogP contribution < -0.4 is 10.1 Å². The van der Waals surface area contributed by atoms with Crippen molar-refractivity contribution in [1.29, 1.82) is 0 Å². The molecule has 1 aromatic heterocycles. The molecule has 1 aromatic carbocycles. The molecule has 0 unspecified atom stereocenters. The summed E-state index contributed by atoms with van der Waals surface area (Å²) in [5.74, 6) is 3.54. The summed E-state index contributed by atoms with van der Waals surface area (Å²) in [6.07, 6.45) is 6.03. The first kappa shape index (κ1) is 15.7. The quantitative estimate of drug-likeness (QED) is 0.626. The van der Waals surface area contributed by atoms with Crippen LogP contribution in [0.2, 0.25) is 0 Å². The summed E-state index contributed by atoms with van der Waals surface area (Å²) in [6.45, 7) is 1.39. The highest BCUT2D eigenvalue weighted by Crippen LogP contribution is 2.26. The number of amides is 1. The number of nitrogens with one attached hydrogen (secondary N) is 1. The Labute approximate surface area is 139 Å². The van der Waals surface area contributed by atoms with Crippen LogP contribution in [0, 0.1) is 0 Å². The molecule has 0 spiro atoms. The summed E-state index contributed by atoms with van der Waals surface area (Å²) < 4.78 is 10.7. The number of benzene rings is 1. The van der Waals surface area contributed by atoms with Crippen LogP contribution in [0.1, 0.15) is 16.9 Å². The van der Waals surface area contributed by atoms with Gasteiger partial charge in [0.05, 0.1) is 18.6 Å². The summed E-state index contributed by atoms with van der Waals surface area (Å²) in [6, 6.07) is 9.84. The molecule has 0 radical (unpaired) electrons. The summed E-state index contributed by atoms with van der Waals surface area (Å²) in [5.41, 5.74) is 2.23. The highest BCUT2D eigenvalue weighted by Gasteiger charge is 2.11. The predicted octanol–water partition coefficient (Wildman–Crippen LogP) is 3.28. The maximum atomic E-state index is 11.8. The molecule has 0 fully saturated rings. The number of fused-ring (bicyclic) bond motifs is 1. The molecule has 0 saturated carbocycles. The van der Waals surface area contributed by atoms with Gasteiger partial charge in [0.1, 0.15) is 11.5 Å². The van der Waals surface area contributed by atoms with Gasteiger partial charge in [-0.15, -0.1) is 0 Å². The minimum atomic E-state index is -0.0691. The van der Waals surface area contributed by atoms with Crippen LogP contribution in [-0.2, 0) is 17.0 Å². The number of carbonyl (C=O) groups is 1. The highest BCUT2D eigenvalue weighted by atomic mass is 32.2. The Bertz CT molecular complexity index is 680. The lowest BCUT2D eigenvalue weighted by atomic mass is 10.1. The van der Waals surface area contributed by atoms with E-state index in [4.69, 9.17) is 9.15 Å². The third-order valence-electron chi connectivity index (χ3n) is 3.51. The van der Waals surface area contributed by atoms with Gasteiger partial charge < -0.3 is 14.5 Å². The summed E-state index contributed by atoms with van der Waals surface area (Å²) in [4.78, 5) is 11.8. The number of furan rings is 1. The number of hydrogen-bond donors (Lipinski definition) is 1. The summed E-state index contributed by atoms with van der Waals surface area (Å²) in [7, 11) is 0. The van der Waals surface area contributed by atoms with Gasteiger partial charge in [-0.1, -0.05) is 6.07 Å². The van der Waals surface area contributed by atoms with Crippen molar-refractivity contribution in [1.82, 2.24) is 5.32 Å². The fourth-order valence-corrected chi connectivity index (χ4v) is 3.11. The fraction of sp³-hybridized carbons (Fsp3) is 0.278. The standard InChI is InChI=1S/C18H19NO3S/c20-18(19-8-11-23-13-16-2-1-9-21-16)6-4-14-3-5-17-15(12-14)7-10-22-17/h1-6,9,12H,7-8,10-11,13H2,(H,19,20)/b6-4+. The van der Waals surface area contributed by atoms with Crippen LogP contribution in [0.3, 0.4) is 0 Å². The first-order valence-electron chi connectivity index (χ1n) is 7.63. The van der Waals surface area contributed by atoms with Gasteiger partial charge in [0.2, 0.25) is 5.91 Å². The Hall–Kier alpha value is -2.14. The van der Waals surface area contributed by atoms with Gasteiger partial charge in [0.15, 0.2) is 0 Å². The van der Waals surface area contributed by atoms with Crippen molar-refractivity contribution in [2.75, 3.05) is 18.9 Å². The lowest BCUT2D eigenvalue weighted by molar-refractivity contribution is -0.116. The number of carbonyl (C=O) groups excluding carboxylic acids is 1. The maximum Gasteiger partial charge on any atom is 0.244 e. The smallest absolute Gasteiger partial charge is 0.244 e. The zero-order valence-corrected chi connectivity index (χ0v) is 13.6. The number of ether oxygens (including phenoxy) is 1. The largest absolute Gasteiger partial charge is 0.493 e. The molecule has 0 aliphatic carbocycles. The van der Waals surface area contributed by atoms with E-state index in [1.165, 1.54) is 5.56 Å². The van der Waals surface area contributed by atoms with Crippen molar-refractivity contribution >= 4 is 23.7 Å². The molecule has 3 rings (SSSR count). The Morgan fingerprint density at radius 1 is 1.35 bits per heavy atom. The minimum Gasteiger partial charge on any atom is -0.493 e. The molecule has 5 heteroatoms. The topological polar surface area (TPSA) is 51.5 Å². The molecular weight excluding hydrogens is 310 g/mol. The van der Waals surface area contributed by atoms with Crippen LogP contribution in [-0.4, -0.2) is 24.8 Å². The first-order valence-corrected chi connectivity index (χ1v) is 8.78. The van der Waals surface area contributed by atoms with E-state index < -0.39 is 0 Å². The Kier molecular flexibility index (Phi) is 5.42. The normalized spacial score (nSPS) is 13.0. The summed E-state index contributed by atoms with van der Waals surface area (Å²) in [5, 5.41) is 2.88. The lowest BCUT2D eigenvalue weighted by Gasteiger charge is -2.02. The van der Waals surface area contributed by atoms with Crippen LogP contribution >= 0.6 is 11.8 Å². The van der Waals surface area contributed by atoms with E-state index in [2.05, 4.69) is 11.4 Å². The van der Waals surface area contributed by atoms with Gasteiger partial charge in [-0.05, 0) is 41.5 Å². The van der Waals surface area contributed by atoms with Crippen molar-refractivity contribution in [3.63, 3.8) is 0 Å². The minimum absolute atomic E-state index is 0.0691. The van der Waals surface area contributed by atoms with Gasteiger partial charge in [-0.2, -0.15) is 11.8 Å². The molecular formula is C18H19NO3S. The van der Waals surface area contributed by atoms with E-state index >= 15 is 0 Å². The molecule has 23 heavy (non-hydrogen) atoms. The predicted molar refractivity (Wildman–Crippen MR) is 92.6 cm³/mol. The molecule has 0 bridgehead atoms. The second-order valence-electron chi connectivity index (χ2n) is 5.22. The van der Waals surface area contributed by atoms with Gasteiger partial charge in [-0.3, -0.25) is 4.79 Å².